The van der Waals surface area contributed by atoms with Crippen molar-refractivity contribution in [3.63, 3.8) is 0 Å². The van der Waals surface area contributed by atoms with Crippen molar-refractivity contribution >= 4 is 0 Å². The summed E-state index contributed by atoms with van der Waals surface area (Å²) in [5.74, 6) is 0. The first-order valence-electron chi connectivity index (χ1n) is 10.0. The average Bonchev–Trinajstić information content (AvgIpc) is 3.34. The van der Waals surface area contributed by atoms with E-state index in [2.05, 4.69) is 59.3 Å². The molecule has 2 fully saturated rings. The van der Waals surface area contributed by atoms with Gasteiger partial charge in [-0.2, -0.15) is 0 Å². The van der Waals surface area contributed by atoms with E-state index in [9.17, 15) is 0 Å². The highest BCUT2D eigenvalue weighted by atomic mass is 16.5. The topological polar surface area (TPSA) is 25.4 Å². The number of rotatable bonds is 6. The van der Waals surface area contributed by atoms with Gasteiger partial charge >= 0.3 is 0 Å². The molecular weight excluding hydrogens is 320 g/mol. The highest BCUT2D eigenvalue weighted by molar-refractivity contribution is 5.19. The van der Waals surface area contributed by atoms with Crippen LogP contribution in [-0.2, 0) is 17.7 Å². The van der Waals surface area contributed by atoms with E-state index in [1.54, 1.807) is 0 Å². The van der Waals surface area contributed by atoms with Crippen LogP contribution in [0.15, 0.2) is 48.7 Å². The number of hydrogen-bond donors (Lipinski definition) is 0. The van der Waals surface area contributed by atoms with Crippen molar-refractivity contribution in [2.75, 3.05) is 19.7 Å². The molecule has 0 radical (unpaired) electrons. The summed E-state index contributed by atoms with van der Waals surface area (Å²) >= 11 is 0. The fourth-order valence-electron chi connectivity index (χ4n) is 4.77. The summed E-state index contributed by atoms with van der Waals surface area (Å²) in [5, 5.41) is 0. The molecule has 3 heteroatoms. The van der Waals surface area contributed by atoms with Crippen molar-refractivity contribution in [1.29, 1.82) is 0 Å². The monoisotopic (exact) mass is 350 g/mol. The third-order valence-corrected chi connectivity index (χ3v) is 6.34. The molecule has 0 bridgehead atoms. The number of hydrogen-bond acceptors (Lipinski definition) is 3. The zero-order valence-corrected chi connectivity index (χ0v) is 15.9. The number of benzene rings is 1. The zero-order valence-electron chi connectivity index (χ0n) is 15.9. The smallest absolute Gasteiger partial charge is 0.0645 e. The highest BCUT2D eigenvalue weighted by Crippen LogP contribution is 2.44. The van der Waals surface area contributed by atoms with Crippen molar-refractivity contribution in [1.82, 2.24) is 9.88 Å². The second kappa shape index (κ2) is 7.89. The number of aryl methyl sites for hydroxylation is 2. The van der Waals surface area contributed by atoms with Crippen LogP contribution in [0.3, 0.4) is 0 Å². The van der Waals surface area contributed by atoms with Gasteiger partial charge < -0.3 is 4.74 Å². The van der Waals surface area contributed by atoms with Gasteiger partial charge in [-0.1, -0.05) is 36.4 Å². The molecule has 0 saturated carbocycles. The SMILES string of the molecule is Cc1ncccc1CN1CCC(CCc2ccccc2)(C2CCCO2)C1. The van der Waals surface area contributed by atoms with E-state index in [0.29, 0.717) is 11.5 Å². The molecule has 2 aromatic rings. The van der Waals surface area contributed by atoms with Crippen molar-refractivity contribution < 1.29 is 4.74 Å². The Bertz CT molecular complexity index is 711. The van der Waals surface area contributed by atoms with Crippen LogP contribution in [0.1, 0.15) is 42.5 Å². The van der Waals surface area contributed by atoms with E-state index in [4.69, 9.17) is 4.74 Å². The van der Waals surface area contributed by atoms with Crippen LogP contribution in [0.25, 0.3) is 0 Å². The summed E-state index contributed by atoms with van der Waals surface area (Å²) in [6.45, 7) is 6.40. The molecule has 2 atom stereocenters. The van der Waals surface area contributed by atoms with Gasteiger partial charge in [0.2, 0.25) is 0 Å². The highest BCUT2D eigenvalue weighted by Gasteiger charge is 2.45. The third-order valence-electron chi connectivity index (χ3n) is 6.34. The third kappa shape index (κ3) is 3.84. The summed E-state index contributed by atoms with van der Waals surface area (Å²) in [6, 6.07) is 15.2. The van der Waals surface area contributed by atoms with Crippen LogP contribution < -0.4 is 0 Å². The Balaban J connectivity index is 1.47. The molecule has 0 N–H and O–H groups in total. The Morgan fingerprint density at radius 3 is 2.85 bits per heavy atom. The van der Waals surface area contributed by atoms with Gasteiger partial charge in [0.15, 0.2) is 0 Å². The van der Waals surface area contributed by atoms with Crippen LogP contribution in [0.5, 0.6) is 0 Å². The first-order chi connectivity index (χ1) is 12.8. The Morgan fingerprint density at radius 1 is 1.19 bits per heavy atom. The first kappa shape index (κ1) is 17.7. The van der Waals surface area contributed by atoms with Crippen molar-refractivity contribution in [3.8, 4) is 0 Å². The van der Waals surface area contributed by atoms with E-state index in [1.807, 2.05) is 6.20 Å². The Labute approximate surface area is 157 Å². The van der Waals surface area contributed by atoms with E-state index < -0.39 is 0 Å². The lowest BCUT2D eigenvalue weighted by Gasteiger charge is -2.35. The van der Waals surface area contributed by atoms with E-state index in [1.165, 1.54) is 43.4 Å². The molecular formula is C23H30N2O. The van der Waals surface area contributed by atoms with Crippen LogP contribution in [0, 0.1) is 12.3 Å². The second-order valence-corrected chi connectivity index (χ2v) is 8.06. The molecule has 0 aliphatic carbocycles. The minimum atomic E-state index is 0.308. The summed E-state index contributed by atoms with van der Waals surface area (Å²) in [7, 11) is 0. The second-order valence-electron chi connectivity index (χ2n) is 8.06. The molecule has 2 saturated heterocycles. The van der Waals surface area contributed by atoms with E-state index in [-0.39, 0.29) is 0 Å². The van der Waals surface area contributed by atoms with E-state index in [0.717, 1.165) is 31.8 Å². The van der Waals surface area contributed by atoms with Gasteiger partial charge in [-0.3, -0.25) is 9.88 Å². The molecule has 138 valence electrons. The van der Waals surface area contributed by atoms with Gasteiger partial charge in [0.1, 0.15) is 0 Å². The number of pyridine rings is 1. The van der Waals surface area contributed by atoms with Gasteiger partial charge in [-0.15, -0.1) is 0 Å². The maximum absolute atomic E-state index is 6.21. The predicted molar refractivity (Wildman–Crippen MR) is 105 cm³/mol. The lowest BCUT2D eigenvalue weighted by Crippen LogP contribution is -2.38. The fourth-order valence-corrected chi connectivity index (χ4v) is 4.77. The van der Waals surface area contributed by atoms with Gasteiger partial charge in [-0.25, -0.2) is 0 Å². The average molecular weight is 351 g/mol. The summed E-state index contributed by atoms with van der Waals surface area (Å²) in [4.78, 5) is 7.08. The Morgan fingerprint density at radius 2 is 2.08 bits per heavy atom. The maximum atomic E-state index is 6.21. The molecule has 0 amide bonds. The molecule has 0 spiro atoms. The van der Waals surface area contributed by atoms with Crippen LogP contribution in [0.2, 0.25) is 0 Å². The largest absolute Gasteiger partial charge is 0.378 e. The van der Waals surface area contributed by atoms with Gasteiger partial charge in [0.25, 0.3) is 0 Å². The first-order valence-corrected chi connectivity index (χ1v) is 10.0. The number of aromatic nitrogens is 1. The molecule has 2 unspecified atom stereocenters. The molecule has 2 aliphatic rings. The van der Waals surface area contributed by atoms with Crippen molar-refractivity contribution in [2.24, 2.45) is 5.41 Å². The summed E-state index contributed by atoms with van der Waals surface area (Å²) in [5.41, 5.74) is 4.28. The van der Waals surface area contributed by atoms with Crippen LogP contribution >= 0.6 is 0 Å². The molecule has 3 nitrogen and oxygen atoms in total. The van der Waals surface area contributed by atoms with E-state index >= 15 is 0 Å². The van der Waals surface area contributed by atoms with Gasteiger partial charge in [-0.05, 0) is 62.8 Å². The minimum absolute atomic E-state index is 0.308. The van der Waals surface area contributed by atoms with Crippen molar-refractivity contribution in [3.05, 3.63) is 65.5 Å². The fraction of sp³-hybridized carbons (Fsp3) is 0.522. The lowest BCUT2D eigenvalue weighted by molar-refractivity contribution is -0.00182. The van der Waals surface area contributed by atoms with Crippen molar-refractivity contribution in [2.45, 2.75) is 51.7 Å². The van der Waals surface area contributed by atoms with Gasteiger partial charge in [0.05, 0.1) is 6.10 Å². The lowest BCUT2D eigenvalue weighted by atomic mass is 9.75. The normalized spacial score (nSPS) is 26.4. The van der Waals surface area contributed by atoms with Gasteiger partial charge in [0, 0.05) is 37.0 Å². The molecule has 3 heterocycles. The Kier molecular flexibility index (Phi) is 5.37. The minimum Gasteiger partial charge on any atom is -0.378 e. The number of likely N-dealkylation sites (tertiary alicyclic amines) is 1. The maximum Gasteiger partial charge on any atom is 0.0645 e. The summed E-state index contributed by atoms with van der Waals surface area (Å²) < 4.78 is 6.21. The standard InChI is InChI=1S/C23H30N2O/c1-19-21(9-5-14-24-19)17-25-15-13-23(18-25,22-10-6-16-26-22)12-11-20-7-3-2-4-8-20/h2-5,7-9,14,22H,6,10-13,15-18H2,1H3. The molecule has 2 aliphatic heterocycles. The molecule has 1 aromatic carbocycles. The quantitative estimate of drug-likeness (QED) is 0.772. The molecule has 4 rings (SSSR count). The summed E-state index contributed by atoms with van der Waals surface area (Å²) in [6.07, 6.45) is 8.41. The Hall–Kier alpha value is -1.71. The predicted octanol–water partition coefficient (Wildman–Crippen LogP) is 4.39. The number of ether oxygens (including phenoxy) is 1. The zero-order chi connectivity index (χ0) is 17.8. The molecule has 1 aromatic heterocycles. The van der Waals surface area contributed by atoms with Crippen LogP contribution in [-0.4, -0.2) is 35.7 Å². The number of nitrogens with zero attached hydrogens (tertiary/aromatic N) is 2. The van der Waals surface area contributed by atoms with Crippen LogP contribution in [0.4, 0.5) is 0 Å². The molecule has 26 heavy (non-hydrogen) atoms.